The molecule has 1 atom stereocenters. The molecule has 2 aromatic carbocycles. The zero-order valence-corrected chi connectivity index (χ0v) is 20.7. The van der Waals surface area contributed by atoms with Crippen molar-refractivity contribution in [1.82, 2.24) is 10.6 Å². The van der Waals surface area contributed by atoms with E-state index in [1.165, 1.54) is 0 Å². The number of ether oxygens (including phenoxy) is 1. The van der Waals surface area contributed by atoms with Crippen molar-refractivity contribution >= 4 is 29.7 Å². The minimum absolute atomic E-state index is 0.0453. The van der Waals surface area contributed by atoms with Crippen molar-refractivity contribution in [1.29, 1.82) is 0 Å². The van der Waals surface area contributed by atoms with Gasteiger partial charge in [0.1, 0.15) is 12.6 Å². The first-order valence-corrected chi connectivity index (χ1v) is 13.5. The molecule has 4 rings (SSSR count). The summed E-state index contributed by atoms with van der Waals surface area (Å²) in [5.74, 6) is -0.686. The van der Waals surface area contributed by atoms with Gasteiger partial charge in [0.25, 0.3) is 0 Å². The molecule has 1 saturated carbocycles. The minimum atomic E-state index is -0.774. The number of aliphatic carboxylic acids is 1. The fourth-order valence-corrected chi connectivity index (χ4v) is 5.54. The Kier molecular flexibility index (Phi) is 8.33. The van der Waals surface area contributed by atoms with E-state index in [4.69, 9.17) is 4.74 Å². The van der Waals surface area contributed by atoms with Crippen molar-refractivity contribution in [3.63, 3.8) is 0 Å². The highest BCUT2D eigenvalue weighted by atomic mass is 32.2. The van der Waals surface area contributed by atoms with Gasteiger partial charge in [-0.15, -0.1) is 0 Å². The van der Waals surface area contributed by atoms with Gasteiger partial charge in [0, 0.05) is 12.0 Å². The SMILES string of the molecule is CSCCC(NC(=O)OCC1c2ccccc2-c2ccccc21)C(=O)NC1CCC(C(=O)O)CC1. The molecule has 2 aromatic rings. The molecule has 2 aliphatic carbocycles. The van der Waals surface area contributed by atoms with Gasteiger partial charge in [-0.2, -0.15) is 11.8 Å². The third-order valence-corrected chi connectivity index (χ3v) is 7.63. The van der Waals surface area contributed by atoms with Crippen molar-refractivity contribution in [3.05, 3.63) is 59.7 Å². The van der Waals surface area contributed by atoms with E-state index in [0.29, 0.717) is 37.9 Å². The van der Waals surface area contributed by atoms with Crippen LogP contribution < -0.4 is 10.6 Å². The van der Waals surface area contributed by atoms with Gasteiger partial charge in [-0.1, -0.05) is 48.5 Å². The van der Waals surface area contributed by atoms with Crippen LogP contribution in [-0.2, 0) is 14.3 Å². The van der Waals surface area contributed by atoms with Crippen molar-refractivity contribution in [2.24, 2.45) is 5.92 Å². The lowest BCUT2D eigenvalue weighted by atomic mass is 9.86. The van der Waals surface area contributed by atoms with Gasteiger partial charge in [0.2, 0.25) is 5.91 Å². The van der Waals surface area contributed by atoms with Crippen LogP contribution >= 0.6 is 11.8 Å². The van der Waals surface area contributed by atoms with Gasteiger partial charge in [-0.25, -0.2) is 4.79 Å². The Morgan fingerprint density at radius 1 is 1.00 bits per heavy atom. The zero-order valence-electron chi connectivity index (χ0n) is 19.9. The summed E-state index contributed by atoms with van der Waals surface area (Å²) >= 11 is 1.60. The lowest BCUT2D eigenvalue weighted by Gasteiger charge is -2.28. The van der Waals surface area contributed by atoms with Crippen LogP contribution in [-0.4, -0.2) is 53.8 Å². The number of carbonyl (C=O) groups is 3. The minimum Gasteiger partial charge on any atom is -0.481 e. The molecular weight excluding hydrogens is 464 g/mol. The highest BCUT2D eigenvalue weighted by molar-refractivity contribution is 7.98. The van der Waals surface area contributed by atoms with Crippen molar-refractivity contribution in [3.8, 4) is 11.1 Å². The fourth-order valence-electron chi connectivity index (χ4n) is 5.07. The van der Waals surface area contributed by atoms with Gasteiger partial charge >= 0.3 is 12.1 Å². The van der Waals surface area contributed by atoms with Gasteiger partial charge in [0.15, 0.2) is 0 Å². The third kappa shape index (κ3) is 5.99. The summed E-state index contributed by atoms with van der Waals surface area (Å²) in [5, 5.41) is 14.9. The molecule has 7 nitrogen and oxygen atoms in total. The number of hydrogen-bond donors (Lipinski definition) is 3. The average Bonchev–Trinajstić information content (AvgIpc) is 3.19. The predicted octanol–water partition coefficient (Wildman–Crippen LogP) is 4.41. The number of thioether (sulfide) groups is 1. The summed E-state index contributed by atoms with van der Waals surface area (Å²) in [4.78, 5) is 36.8. The summed E-state index contributed by atoms with van der Waals surface area (Å²) < 4.78 is 5.63. The normalized spacial score (nSPS) is 19.8. The molecular formula is C27H32N2O5S. The maximum atomic E-state index is 12.9. The molecule has 35 heavy (non-hydrogen) atoms. The number of carboxylic acid groups (broad SMARTS) is 1. The largest absolute Gasteiger partial charge is 0.481 e. The summed E-state index contributed by atoms with van der Waals surface area (Å²) in [6.07, 6.45) is 4.19. The molecule has 0 heterocycles. The lowest BCUT2D eigenvalue weighted by Crippen LogP contribution is -2.50. The molecule has 3 N–H and O–H groups in total. The highest BCUT2D eigenvalue weighted by Crippen LogP contribution is 2.44. The van der Waals surface area contributed by atoms with Crippen LogP contribution in [0.25, 0.3) is 11.1 Å². The zero-order chi connectivity index (χ0) is 24.8. The van der Waals surface area contributed by atoms with E-state index in [1.54, 1.807) is 11.8 Å². The van der Waals surface area contributed by atoms with Crippen LogP contribution in [0.4, 0.5) is 4.79 Å². The molecule has 0 aliphatic heterocycles. The van der Waals surface area contributed by atoms with E-state index in [1.807, 2.05) is 30.5 Å². The van der Waals surface area contributed by atoms with Gasteiger partial charge in [0.05, 0.1) is 5.92 Å². The fraction of sp³-hybridized carbons (Fsp3) is 0.444. The molecule has 186 valence electrons. The molecule has 0 saturated heterocycles. The molecule has 0 aromatic heterocycles. The smallest absolute Gasteiger partial charge is 0.407 e. The molecule has 2 amide bonds. The number of nitrogens with one attached hydrogen (secondary N) is 2. The number of benzene rings is 2. The molecule has 0 spiro atoms. The molecule has 2 aliphatic rings. The number of fused-ring (bicyclic) bond motifs is 3. The second kappa shape index (κ2) is 11.6. The topological polar surface area (TPSA) is 105 Å². The van der Waals surface area contributed by atoms with Crippen LogP contribution in [0.1, 0.15) is 49.1 Å². The number of hydrogen-bond acceptors (Lipinski definition) is 5. The summed E-state index contributed by atoms with van der Waals surface area (Å²) in [6, 6.07) is 15.5. The van der Waals surface area contributed by atoms with Gasteiger partial charge < -0.3 is 20.5 Å². The Hall–Kier alpha value is -3.00. The number of rotatable bonds is 9. The Balaban J connectivity index is 1.34. The quantitative estimate of drug-likeness (QED) is 0.475. The molecule has 8 heteroatoms. The number of carboxylic acids is 1. The van der Waals surface area contributed by atoms with E-state index in [2.05, 4.69) is 34.9 Å². The third-order valence-electron chi connectivity index (χ3n) is 6.99. The van der Waals surface area contributed by atoms with Crippen molar-refractivity contribution in [2.45, 2.75) is 50.1 Å². The lowest BCUT2D eigenvalue weighted by molar-refractivity contribution is -0.142. The van der Waals surface area contributed by atoms with Crippen molar-refractivity contribution < 1.29 is 24.2 Å². The summed E-state index contributed by atoms with van der Waals surface area (Å²) in [7, 11) is 0. The van der Waals surface area contributed by atoms with Gasteiger partial charge in [-0.3, -0.25) is 9.59 Å². The summed E-state index contributed by atoms with van der Waals surface area (Å²) in [6.45, 7) is 0.190. The summed E-state index contributed by atoms with van der Waals surface area (Å²) in [5.41, 5.74) is 4.59. The van der Waals surface area contributed by atoms with E-state index < -0.39 is 18.1 Å². The molecule has 1 fully saturated rings. The van der Waals surface area contributed by atoms with Crippen LogP contribution in [0, 0.1) is 5.92 Å². The first-order valence-electron chi connectivity index (χ1n) is 12.1. The molecule has 0 bridgehead atoms. The average molecular weight is 497 g/mol. The van der Waals surface area contributed by atoms with E-state index in [-0.39, 0.29) is 30.4 Å². The standard InChI is InChI=1S/C27H32N2O5S/c1-35-15-14-24(25(30)28-18-12-10-17(11-13-18)26(31)32)29-27(33)34-16-23-21-8-4-2-6-19(21)20-7-3-5-9-22(20)23/h2-9,17-18,23-24H,10-16H2,1H3,(H,28,30)(H,29,33)(H,31,32). The monoisotopic (exact) mass is 496 g/mol. The number of amides is 2. The highest BCUT2D eigenvalue weighted by Gasteiger charge is 2.31. The van der Waals surface area contributed by atoms with Gasteiger partial charge in [-0.05, 0) is 66.4 Å². The molecule has 0 radical (unpaired) electrons. The van der Waals surface area contributed by atoms with Crippen LogP contribution in [0.2, 0.25) is 0 Å². The first kappa shape index (κ1) is 25.1. The van der Waals surface area contributed by atoms with Crippen LogP contribution in [0.3, 0.4) is 0 Å². The second-order valence-corrected chi connectivity index (χ2v) is 10.2. The second-order valence-electron chi connectivity index (χ2n) is 9.20. The molecule has 1 unspecified atom stereocenters. The Labute approximate surface area is 210 Å². The van der Waals surface area contributed by atoms with Crippen molar-refractivity contribution in [2.75, 3.05) is 18.6 Å². The van der Waals surface area contributed by atoms with E-state index in [0.717, 1.165) is 22.3 Å². The Bertz CT molecular complexity index is 1020. The maximum absolute atomic E-state index is 12.9. The predicted molar refractivity (Wildman–Crippen MR) is 137 cm³/mol. The van der Waals surface area contributed by atoms with E-state index >= 15 is 0 Å². The Morgan fingerprint density at radius 2 is 1.60 bits per heavy atom. The van der Waals surface area contributed by atoms with Crippen LogP contribution in [0.5, 0.6) is 0 Å². The number of carbonyl (C=O) groups excluding carboxylic acids is 2. The maximum Gasteiger partial charge on any atom is 0.407 e. The number of alkyl carbamates (subject to hydrolysis) is 1. The van der Waals surface area contributed by atoms with E-state index in [9.17, 15) is 19.5 Å². The first-order chi connectivity index (χ1) is 17.0. The van der Waals surface area contributed by atoms with Crippen LogP contribution in [0.15, 0.2) is 48.5 Å². The Morgan fingerprint density at radius 3 is 2.17 bits per heavy atom.